The summed E-state index contributed by atoms with van der Waals surface area (Å²) in [7, 11) is 2.09. The van der Waals surface area contributed by atoms with Crippen LogP contribution in [-0.2, 0) is 6.54 Å². The predicted octanol–water partition coefficient (Wildman–Crippen LogP) is 2.70. The van der Waals surface area contributed by atoms with E-state index in [0.29, 0.717) is 0 Å². The Kier molecular flexibility index (Phi) is 5.68. The number of benzene rings is 1. The van der Waals surface area contributed by atoms with E-state index in [0.717, 1.165) is 49.7 Å². The van der Waals surface area contributed by atoms with Gasteiger partial charge in [-0.15, -0.1) is 0 Å². The Balaban J connectivity index is 1.60. The first-order valence-electron chi connectivity index (χ1n) is 8.25. The lowest BCUT2D eigenvalue weighted by molar-refractivity contribution is 0.0950. The molecular weight excluding hydrogens is 362 g/mol. The van der Waals surface area contributed by atoms with Gasteiger partial charge in [0.25, 0.3) is 5.91 Å². The van der Waals surface area contributed by atoms with Gasteiger partial charge in [0.1, 0.15) is 5.82 Å². The number of hydrogen-bond acceptors (Lipinski definition) is 4. The van der Waals surface area contributed by atoms with Crippen LogP contribution in [0.1, 0.15) is 15.9 Å². The summed E-state index contributed by atoms with van der Waals surface area (Å²) >= 11 is 5.81. The number of hydrogen-bond donors (Lipinski definition) is 1. The molecule has 0 spiro atoms. The minimum atomic E-state index is -1.11. The van der Waals surface area contributed by atoms with E-state index < -0.39 is 17.5 Å². The highest BCUT2D eigenvalue weighted by molar-refractivity contribution is 6.33. The molecule has 1 amide bonds. The van der Waals surface area contributed by atoms with Crippen LogP contribution in [0.25, 0.3) is 0 Å². The Hall–Kier alpha value is -2.25. The van der Waals surface area contributed by atoms with Crippen molar-refractivity contribution in [2.45, 2.75) is 6.54 Å². The summed E-state index contributed by atoms with van der Waals surface area (Å²) in [4.78, 5) is 21.1. The van der Waals surface area contributed by atoms with E-state index >= 15 is 0 Å². The van der Waals surface area contributed by atoms with Gasteiger partial charge in [0.05, 0.1) is 10.6 Å². The van der Waals surface area contributed by atoms with Crippen molar-refractivity contribution in [2.24, 2.45) is 0 Å². The summed E-state index contributed by atoms with van der Waals surface area (Å²) in [5.74, 6) is -1.87. The van der Waals surface area contributed by atoms with Crippen LogP contribution in [0.15, 0.2) is 30.5 Å². The van der Waals surface area contributed by atoms with Crippen molar-refractivity contribution in [1.82, 2.24) is 15.2 Å². The first-order chi connectivity index (χ1) is 12.4. The zero-order chi connectivity index (χ0) is 18.7. The summed E-state index contributed by atoms with van der Waals surface area (Å²) in [6.07, 6.45) is 1.70. The topological polar surface area (TPSA) is 48.5 Å². The van der Waals surface area contributed by atoms with Crippen molar-refractivity contribution in [3.05, 3.63) is 58.2 Å². The van der Waals surface area contributed by atoms with Crippen LogP contribution in [-0.4, -0.2) is 49.0 Å². The summed E-state index contributed by atoms with van der Waals surface area (Å²) in [6, 6.07) is 5.38. The monoisotopic (exact) mass is 380 g/mol. The zero-order valence-corrected chi connectivity index (χ0v) is 15.1. The first kappa shape index (κ1) is 18.5. The lowest BCUT2D eigenvalue weighted by atomic mass is 10.2. The van der Waals surface area contributed by atoms with Crippen molar-refractivity contribution < 1.29 is 13.6 Å². The van der Waals surface area contributed by atoms with Crippen LogP contribution in [0.2, 0.25) is 5.02 Å². The van der Waals surface area contributed by atoms with Crippen molar-refractivity contribution in [1.29, 1.82) is 0 Å². The average molecular weight is 381 g/mol. The number of carbonyl (C=O) groups excluding carboxylic acids is 1. The molecular formula is C18H19ClF2N4O. The predicted molar refractivity (Wildman–Crippen MR) is 96.5 cm³/mol. The van der Waals surface area contributed by atoms with Crippen LogP contribution in [0, 0.1) is 11.6 Å². The molecule has 0 saturated carbocycles. The fraction of sp³-hybridized carbons (Fsp3) is 0.333. The van der Waals surface area contributed by atoms with Crippen molar-refractivity contribution in [2.75, 3.05) is 38.1 Å². The molecule has 3 rings (SSSR count). The highest BCUT2D eigenvalue weighted by Gasteiger charge is 2.16. The number of likely N-dealkylation sites (N-methyl/N-ethyl adjacent to an activating group) is 1. The highest BCUT2D eigenvalue weighted by atomic mass is 35.5. The molecule has 1 aromatic heterocycles. The molecule has 0 bridgehead atoms. The molecule has 1 aromatic carbocycles. The number of amides is 1. The molecule has 0 atom stereocenters. The molecule has 138 valence electrons. The normalized spacial score (nSPS) is 15.2. The standard InChI is InChI=1S/C18H19ClF2N4O/c1-24-4-6-25(7-5-24)17-3-2-12(10-22-17)11-23-18(26)13-8-15(20)16(21)9-14(13)19/h2-3,8-10H,4-7,11H2,1H3,(H,23,26). The molecule has 2 aromatic rings. The Morgan fingerprint density at radius 3 is 2.54 bits per heavy atom. The Morgan fingerprint density at radius 1 is 1.19 bits per heavy atom. The number of pyridine rings is 1. The van der Waals surface area contributed by atoms with Crippen molar-refractivity contribution in [3.63, 3.8) is 0 Å². The maximum absolute atomic E-state index is 13.3. The smallest absolute Gasteiger partial charge is 0.253 e. The number of piperazine rings is 1. The molecule has 0 radical (unpaired) electrons. The second-order valence-electron chi connectivity index (χ2n) is 6.24. The second-order valence-corrected chi connectivity index (χ2v) is 6.65. The minimum absolute atomic E-state index is 0.104. The van der Waals surface area contributed by atoms with Gasteiger partial charge in [-0.05, 0) is 30.8 Å². The molecule has 5 nitrogen and oxygen atoms in total. The first-order valence-corrected chi connectivity index (χ1v) is 8.63. The maximum atomic E-state index is 13.3. The van der Waals surface area contributed by atoms with Gasteiger partial charge in [0.15, 0.2) is 11.6 Å². The quantitative estimate of drug-likeness (QED) is 0.828. The molecule has 1 saturated heterocycles. The van der Waals surface area contributed by atoms with Gasteiger partial charge >= 0.3 is 0 Å². The lowest BCUT2D eigenvalue weighted by Gasteiger charge is -2.33. The van der Waals surface area contributed by atoms with Crippen LogP contribution >= 0.6 is 11.6 Å². The highest BCUT2D eigenvalue weighted by Crippen LogP contribution is 2.20. The largest absolute Gasteiger partial charge is 0.354 e. The molecule has 1 aliphatic heterocycles. The molecule has 0 unspecified atom stereocenters. The Bertz CT molecular complexity index is 793. The molecule has 0 aliphatic carbocycles. The third-order valence-electron chi connectivity index (χ3n) is 4.34. The van der Waals surface area contributed by atoms with E-state index in [9.17, 15) is 13.6 Å². The fourth-order valence-electron chi connectivity index (χ4n) is 2.72. The number of nitrogens with one attached hydrogen (secondary N) is 1. The molecule has 2 heterocycles. The summed E-state index contributed by atoms with van der Waals surface area (Å²) in [5, 5.41) is 2.50. The van der Waals surface area contributed by atoms with Gasteiger partial charge in [0.2, 0.25) is 0 Å². The van der Waals surface area contributed by atoms with E-state index in [1.54, 1.807) is 6.20 Å². The van der Waals surface area contributed by atoms with Crippen LogP contribution < -0.4 is 10.2 Å². The summed E-state index contributed by atoms with van der Waals surface area (Å²) < 4.78 is 26.4. The molecule has 26 heavy (non-hydrogen) atoms. The number of anilines is 1. The van der Waals surface area contributed by atoms with Gasteiger partial charge < -0.3 is 15.1 Å². The summed E-state index contributed by atoms with van der Waals surface area (Å²) in [6.45, 7) is 4.05. The summed E-state index contributed by atoms with van der Waals surface area (Å²) in [5.41, 5.74) is 0.697. The second kappa shape index (κ2) is 7.97. The van der Waals surface area contributed by atoms with Gasteiger partial charge in [-0.1, -0.05) is 17.7 Å². The van der Waals surface area contributed by atoms with E-state index in [4.69, 9.17) is 11.6 Å². The maximum Gasteiger partial charge on any atom is 0.253 e. The van der Waals surface area contributed by atoms with E-state index in [2.05, 4.69) is 27.1 Å². The van der Waals surface area contributed by atoms with E-state index in [1.807, 2.05) is 12.1 Å². The number of rotatable bonds is 4. The van der Waals surface area contributed by atoms with Crippen LogP contribution in [0.5, 0.6) is 0 Å². The third kappa shape index (κ3) is 4.28. The zero-order valence-electron chi connectivity index (χ0n) is 14.3. The molecule has 1 fully saturated rings. The number of carbonyl (C=O) groups is 1. The van der Waals surface area contributed by atoms with Gasteiger partial charge in [-0.25, -0.2) is 13.8 Å². The van der Waals surface area contributed by atoms with E-state index in [1.165, 1.54) is 0 Å². The van der Waals surface area contributed by atoms with Crippen molar-refractivity contribution >= 4 is 23.3 Å². The molecule has 1 N–H and O–H groups in total. The van der Waals surface area contributed by atoms with Crippen LogP contribution in [0.4, 0.5) is 14.6 Å². The molecule has 8 heteroatoms. The molecule has 1 aliphatic rings. The SMILES string of the molecule is CN1CCN(c2ccc(CNC(=O)c3cc(F)c(F)cc3Cl)cn2)CC1. The van der Waals surface area contributed by atoms with Gasteiger partial charge in [-0.2, -0.15) is 0 Å². The Labute approximate surface area is 155 Å². The van der Waals surface area contributed by atoms with Gasteiger partial charge in [-0.3, -0.25) is 4.79 Å². The number of nitrogens with zero attached hydrogens (tertiary/aromatic N) is 3. The Morgan fingerprint density at radius 2 is 1.88 bits per heavy atom. The van der Waals surface area contributed by atoms with E-state index in [-0.39, 0.29) is 17.1 Å². The fourth-order valence-corrected chi connectivity index (χ4v) is 2.95. The van der Waals surface area contributed by atoms with Crippen molar-refractivity contribution in [3.8, 4) is 0 Å². The van der Waals surface area contributed by atoms with Crippen LogP contribution in [0.3, 0.4) is 0 Å². The number of halogens is 3. The third-order valence-corrected chi connectivity index (χ3v) is 4.66. The minimum Gasteiger partial charge on any atom is -0.354 e. The lowest BCUT2D eigenvalue weighted by Crippen LogP contribution is -2.44. The number of aromatic nitrogens is 1. The average Bonchev–Trinajstić information content (AvgIpc) is 2.64. The van der Waals surface area contributed by atoms with Gasteiger partial charge in [0, 0.05) is 38.9 Å².